The lowest BCUT2D eigenvalue weighted by atomic mass is 9.98. The number of benzene rings is 3. The molecule has 0 fully saturated rings. The van der Waals surface area contributed by atoms with E-state index in [0.29, 0.717) is 41.2 Å². The summed E-state index contributed by atoms with van der Waals surface area (Å²) in [6.07, 6.45) is 0. The Morgan fingerprint density at radius 3 is 2.44 bits per heavy atom. The smallest absolute Gasteiger partial charge is 0.328 e. The molecule has 0 unspecified atom stereocenters. The number of carbonyl (C=O) groups is 2. The highest BCUT2D eigenvalue weighted by Crippen LogP contribution is 2.39. The monoisotopic (exact) mass is 557 g/mol. The van der Waals surface area contributed by atoms with Crippen molar-refractivity contribution in [2.45, 2.75) is 13.5 Å². The van der Waals surface area contributed by atoms with Crippen LogP contribution in [-0.2, 0) is 6.54 Å². The summed E-state index contributed by atoms with van der Waals surface area (Å²) < 4.78 is 29.8. The van der Waals surface area contributed by atoms with Gasteiger partial charge in [-0.1, -0.05) is 30.3 Å². The maximum atomic E-state index is 14.9. The van der Waals surface area contributed by atoms with Crippen LogP contribution in [0.15, 0.2) is 66.7 Å². The highest BCUT2D eigenvalue weighted by Gasteiger charge is 2.34. The molecule has 0 aliphatic carbocycles. The number of hydrogen-bond acceptors (Lipinski definition) is 6. The molecule has 11 heteroatoms. The molecule has 2 heterocycles. The number of nitrogens with one attached hydrogen (secondary N) is 3. The molecule has 3 amide bonds. The lowest BCUT2D eigenvalue weighted by Crippen LogP contribution is -2.43. The first-order valence-corrected chi connectivity index (χ1v) is 13.0. The Balaban J connectivity index is 1.59. The molecular formula is C30H29F2N7O2. The van der Waals surface area contributed by atoms with Crippen molar-refractivity contribution in [2.24, 2.45) is 0 Å². The zero-order chi connectivity index (χ0) is 29.1. The number of hydrogen-bond donors (Lipinski definition) is 3. The van der Waals surface area contributed by atoms with Crippen LogP contribution in [0, 0.1) is 18.6 Å². The molecule has 3 N–H and O–H groups in total. The van der Waals surface area contributed by atoms with Gasteiger partial charge in [0, 0.05) is 35.5 Å². The molecule has 3 aromatic carbocycles. The molecule has 41 heavy (non-hydrogen) atoms. The molecule has 1 aliphatic rings. The van der Waals surface area contributed by atoms with Crippen molar-refractivity contribution in [1.29, 1.82) is 0 Å². The summed E-state index contributed by atoms with van der Waals surface area (Å²) in [6.45, 7) is 3.05. The lowest BCUT2D eigenvalue weighted by Gasteiger charge is -2.31. The largest absolute Gasteiger partial charge is 0.353 e. The minimum atomic E-state index is -0.903. The Labute approximate surface area is 236 Å². The van der Waals surface area contributed by atoms with E-state index in [0.717, 1.165) is 22.6 Å². The molecule has 0 saturated carbocycles. The molecule has 0 spiro atoms. The van der Waals surface area contributed by atoms with E-state index in [9.17, 15) is 18.4 Å². The van der Waals surface area contributed by atoms with Crippen LogP contribution < -0.4 is 20.9 Å². The van der Waals surface area contributed by atoms with Crippen molar-refractivity contribution in [3.63, 3.8) is 0 Å². The van der Waals surface area contributed by atoms with Crippen LogP contribution in [0.5, 0.6) is 0 Å². The Bertz CT molecular complexity index is 1590. The molecule has 1 aliphatic heterocycles. The molecule has 210 valence electrons. The standard InChI is InChI=1S/C30H29F2N7O2/c1-18-16-19(28(40)35-20-8-5-4-6-9-20)12-13-21(18)25-22-17-34-30(41)39(26-23(31)10-7-11-24(26)32)27(22)37-29(36-25)33-14-15-38(2)3/h4-13,16H,14-15,17H2,1-3H3,(H,34,41)(H,35,40)(H,33,36,37). The van der Waals surface area contributed by atoms with Crippen LogP contribution in [0.2, 0.25) is 0 Å². The number of para-hydroxylation sites is 2. The van der Waals surface area contributed by atoms with Crippen LogP contribution in [0.3, 0.4) is 0 Å². The van der Waals surface area contributed by atoms with Gasteiger partial charge >= 0.3 is 6.03 Å². The summed E-state index contributed by atoms with van der Waals surface area (Å²) in [5.74, 6) is -1.81. The number of nitrogens with zero attached hydrogens (tertiary/aromatic N) is 4. The highest BCUT2D eigenvalue weighted by molar-refractivity contribution is 6.05. The number of aromatic nitrogens is 2. The summed E-state index contributed by atoms with van der Waals surface area (Å²) in [5, 5.41) is 8.71. The molecular weight excluding hydrogens is 528 g/mol. The molecule has 1 aromatic heterocycles. The highest BCUT2D eigenvalue weighted by atomic mass is 19.1. The van der Waals surface area contributed by atoms with Gasteiger partial charge in [-0.15, -0.1) is 0 Å². The minimum Gasteiger partial charge on any atom is -0.353 e. The Hall–Kier alpha value is -4.90. The third-order valence-electron chi connectivity index (χ3n) is 6.60. The molecule has 9 nitrogen and oxygen atoms in total. The van der Waals surface area contributed by atoms with Gasteiger partial charge in [0.1, 0.15) is 17.3 Å². The molecule has 0 saturated heterocycles. The lowest BCUT2D eigenvalue weighted by molar-refractivity contribution is 0.102. The second-order valence-corrected chi connectivity index (χ2v) is 9.84. The van der Waals surface area contributed by atoms with Gasteiger partial charge < -0.3 is 20.9 Å². The van der Waals surface area contributed by atoms with E-state index in [2.05, 4.69) is 20.9 Å². The molecule has 4 aromatic rings. The van der Waals surface area contributed by atoms with Gasteiger partial charge in [-0.25, -0.2) is 23.5 Å². The predicted octanol–water partition coefficient (Wildman–Crippen LogP) is 5.32. The van der Waals surface area contributed by atoms with Crippen LogP contribution >= 0.6 is 0 Å². The first kappa shape index (κ1) is 27.7. The number of fused-ring (bicyclic) bond motifs is 1. The van der Waals surface area contributed by atoms with Crippen LogP contribution in [0.1, 0.15) is 21.5 Å². The maximum absolute atomic E-state index is 14.9. The van der Waals surface area contributed by atoms with Gasteiger partial charge in [0.05, 0.1) is 12.2 Å². The fourth-order valence-electron chi connectivity index (χ4n) is 4.56. The molecule has 0 atom stereocenters. The number of anilines is 4. The average molecular weight is 558 g/mol. The number of rotatable bonds is 8. The average Bonchev–Trinajstić information content (AvgIpc) is 2.94. The maximum Gasteiger partial charge on any atom is 0.328 e. The quantitative estimate of drug-likeness (QED) is 0.271. The topological polar surface area (TPSA) is 102 Å². The van der Waals surface area contributed by atoms with Crippen LogP contribution in [0.25, 0.3) is 11.3 Å². The van der Waals surface area contributed by atoms with Gasteiger partial charge in [0.15, 0.2) is 5.82 Å². The number of carbonyl (C=O) groups excluding carboxylic acids is 2. The van der Waals surface area contributed by atoms with Gasteiger partial charge in [-0.2, -0.15) is 4.98 Å². The zero-order valence-corrected chi connectivity index (χ0v) is 22.8. The summed E-state index contributed by atoms with van der Waals surface area (Å²) in [7, 11) is 3.85. The second kappa shape index (κ2) is 11.7. The number of aryl methyl sites for hydroxylation is 1. The fraction of sp³-hybridized carbons (Fsp3) is 0.200. The zero-order valence-electron chi connectivity index (χ0n) is 22.8. The van der Waals surface area contributed by atoms with Crippen molar-refractivity contribution in [3.05, 3.63) is 95.1 Å². The van der Waals surface area contributed by atoms with Crippen molar-refractivity contribution >= 4 is 35.1 Å². The van der Waals surface area contributed by atoms with E-state index >= 15 is 0 Å². The van der Waals surface area contributed by atoms with E-state index in [1.54, 1.807) is 30.3 Å². The van der Waals surface area contributed by atoms with Crippen molar-refractivity contribution in [3.8, 4) is 11.3 Å². The first-order valence-electron chi connectivity index (χ1n) is 13.0. The normalized spacial score (nSPS) is 12.6. The van der Waals surface area contributed by atoms with Crippen molar-refractivity contribution < 1.29 is 18.4 Å². The van der Waals surface area contributed by atoms with Gasteiger partial charge in [-0.3, -0.25) is 4.79 Å². The third kappa shape index (κ3) is 5.85. The van der Waals surface area contributed by atoms with E-state index in [4.69, 9.17) is 4.98 Å². The predicted molar refractivity (Wildman–Crippen MR) is 154 cm³/mol. The SMILES string of the molecule is Cc1cc(C(=O)Nc2ccccc2)ccc1-c1nc(NCCN(C)C)nc2c1CNC(=O)N2c1c(F)cccc1F. The van der Waals surface area contributed by atoms with E-state index in [1.807, 2.05) is 44.1 Å². The van der Waals surface area contributed by atoms with Gasteiger partial charge in [-0.05, 0) is 63.0 Å². The Morgan fingerprint density at radius 2 is 1.76 bits per heavy atom. The molecule has 0 bridgehead atoms. The van der Waals surface area contributed by atoms with E-state index in [1.165, 1.54) is 6.07 Å². The number of urea groups is 1. The van der Waals surface area contributed by atoms with Crippen molar-refractivity contribution in [2.75, 3.05) is 42.7 Å². The van der Waals surface area contributed by atoms with Crippen molar-refractivity contribution in [1.82, 2.24) is 20.2 Å². The first-order chi connectivity index (χ1) is 19.7. The van der Waals surface area contributed by atoms with Crippen LogP contribution in [-0.4, -0.2) is 54.0 Å². The van der Waals surface area contributed by atoms with Crippen LogP contribution in [0.4, 0.5) is 36.7 Å². The van der Waals surface area contributed by atoms with E-state index in [-0.39, 0.29) is 24.2 Å². The van der Waals surface area contributed by atoms with Gasteiger partial charge in [0.2, 0.25) is 5.95 Å². The fourth-order valence-corrected chi connectivity index (χ4v) is 4.56. The summed E-state index contributed by atoms with van der Waals surface area (Å²) >= 11 is 0. The molecule has 5 rings (SSSR count). The molecule has 0 radical (unpaired) electrons. The number of halogens is 2. The number of likely N-dealkylation sites (N-methyl/N-ethyl adjacent to an activating group) is 1. The summed E-state index contributed by atoms with van der Waals surface area (Å²) in [6, 6.07) is 17.0. The summed E-state index contributed by atoms with van der Waals surface area (Å²) in [4.78, 5) is 38.1. The second-order valence-electron chi connectivity index (χ2n) is 9.84. The summed E-state index contributed by atoms with van der Waals surface area (Å²) in [5.41, 5.74) is 2.97. The van der Waals surface area contributed by atoms with E-state index < -0.39 is 23.4 Å². The minimum absolute atomic E-state index is 0.0454. The van der Waals surface area contributed by atoms with Gasteiger partial charge in [0.25, 0.3) is 5.91 Å². The Kier molecular flexibility index (Phi) is 7.88. The Morgan fingerprint density at radius 1 is 1.02 bits per heavy atom. The number of amides is 3. The third-order valence-corrected chi connectivity index (χ3v) is 6.60.